The van der Waals surface area contributed by atoms with Gasteiger partial charge < -0.3 is 14.5 Å². The Kier molecular flexibility index (Phi) is 2.72. The van der Waals surface area contributed by atoms with E-state index in [-0.39, 0.29) is 5.75 Å². The Morgan fingerprint density at radius 3 is 2.94 bits per heavy atom. The maximum atomic E-state index is 9.27. The van der Waals surface area contributed by atoms with Crippen LogP contribution in [-0.2, 0) is 0 Å². The summed E-state index contributed by atoms with van der Waals surface area (Å²) in [5, 5.41) is 13.1. The molecule has 2 rings (SSSR count). The van der Waals surface area contributed by atoms with Crippen molar-refractivity contribution in [3.05, 3.63) is 18.5 Å². The van der Waals surface area contributed by atoms with E-state index in [0.717, 1.165) is 6.54 Å². The van der Waals surface area contributed by atoms with Gasteiger partial charge in [-0.05, 0) is 18.1 Å². The lowest BCUT2D eigenvalue weighted by atomic mass is 10.3. The minimum absolute atomic E-state index is 0.0705. The van der Waals surface area contributed by atoms with E-state index >= 15 is 0 Å². The molecular formula is C10H12N4O2. The number of aromatic nitrogens is 3. The highest BCUT2D eigenvalue weighted by molar-refractivity contribution is 5.54. The summed E-state index contributed by atoms with van der Waals surface area (Å²) in [7, 11) is 1.87. The summed E-state index contributed by atoms with van der Waals surface area (Å²) in [6.07, 6.45) is 2.90. The zero-order valence-corrected chi connectivity index (χ0v) is 9.08. The van der Waals surface area contributed by atoms with Crippen LogP contribution in [0.25, 0.3) is 11.5 Å². The molecule has 6 nitrogen and oxygen atoms in total. The highest BCUT2D eigenvalue weighted by Gasteiger charge is 2.11. The van der Waals surface area contributed by atoms with Gasteiger partial charge in [0.1, 0.15) is 5.75 Å². The summed E-state index contributed by atoms with van der Waals surface area (Å²) in [5.41, 5.74) is 0.600. The third-order valence-electron chi connectivity index (χ3n) is 2.20. The predicted octanol–water partition coefficient (Wildman–Crippen LogP) is 1.29. The normalized spacial score (nSPS) is 10.4. The van der Waals surface area contributed by atoms with E-state index in [4.69, 9.17) is 4.52 Å². The van der Waals surface area contributed by atoms with Gasteiger partial charge in [0.05, 0.1) is 11.8 Å². The number of hydrogen-bond donors (Lipinski definition) is 1. The molecule has 0 amide bonds. The van der Waals surface area contributed by atoms with Crippen molar-refractivity contribution in [3.8, 4) is 17.2 Å². The van der Waals surface area contributed by atoms with Crippen LogP contribution >= 0.6 is 0 Å². The molecule has 0 aromatic carbocycles. The lowest BCUT2D eigenvalue weighted by Gasteiger charge is -2.08. The second kappa shape index (κ2) is 4.18. The van der Waals surface area contributed by atoms with Gasteiger partial charge in [0.2, 0.25) is 0 Å². The predicted molar refractivity (Wildman–Crippen MR) is 58.1 cm³/mol. The Hall–Kier alpha value is -2.11. The number of pyridine rings is 1. The number of aromatic hydroxyl groups is 1. The van der Waals surface area contributed by atoms with Crippen LogP contribution in [0.15, 0.2) is 23.0 Å². The van der Waals surface area contributed by atoms with Crippen LogP contribution in [-0.4, -0.2) is 33.8 Å². The monoisotopic (exact) mass is 220 g/mol. The first-order valence-corrected chi connectivity index (χ1v) is 4.90. The van der Waals surface area contributed by atoms with Crippen LogP contribution in [0.2, 0.25) is 0 Å². The van der Waals surface area contributed by atoms with Crippen molar-refractivity contribution in [2.24, 2.45) is 0 Å². The Bertz CT molecular complexity index is 483. The van der Waals surface area contributed by atoms with Gasteiger partial charge in [0.15, 0.2) is 0 Å². The van der Waals surface area contributed by atoms with Gasteiger partial charge in [-0.3, -0.25) is 4.98 Å². The summed E-state index contributed by atoms with van der Waals surface area (Å²) in [4.78, 5) is 9.88. The Balaban J connectivity index is 2.31. The molecule has 2 heterocycles. The van der Waals surface area contributed by atoms with E-state index in [1.54, 1.807) is 6.20 Å². The SMILES string of the molecule is CCN(C)c1noc(-c2cncc(O)c2)n1. The van der Waals surface area contributed by atoms with Crippen LogP contribution < -0.4 is 4.90 Å². The second-order valence-corrected chi connectivity index (χ2v) is 3.35. The van der Waals surface area contributed by atoms with Gasteiger partial charge in [-0.15, -0.1) is 0 Å². The van der Waals surface area contributed by atoms with Crippen molar-refractivity contribution in [1.29, 1.82) is 0 Å². The van der Waals surface area contributed by atoms with Crippen molar-refractivity contribution < 1.29 is 9.63 Å². The van der Waals surface area contributed by atoms with Gasteiger partial charge in [0, 0.05) is 19.8 Å². The first kappa shape index (κ1) is 10.4. The van der Waals surface area contributed by atoms with Gasteiger partial charge in [0.25, 0.3) is 11.8 Å². The summed E-state index contributed by atoms with van der Waals surface area (Å²) < 4.78 is 5.07. The number of nitrogens with zero attached hydrogens (tertiary/aromatic N) is 4. The van der Waals surface area contributed by atoms with Gasteiger partial charge in [-0.25, -0.2) is 0 Å². The second-order valence-electron chi connectivity index (χ2n) is 3.35. The van der Waals surface area contributed by atoms with E-state index in [1.165, 1.54) is 12.3 Å². The van der Waals surface area contributed by atoms with E-state index < -0.39 is 0 Å². The molecule has 0 radical (unpaired) electrons. The van der Waals surface area contributed by atoms with Crippen LogP contribution in [0.4, 0.5) is 5.95 Å². The number of anilines is 1. The van der Waals surface area contributed by atoms with Crippen molar-refractivity contribution in [1.82, 2.24) is 15.1 Å². The molecule has 84 valence electrons. The standard InChI is InChI=1S/C10H12N4O2/c1-3-14(2)10-12-9(16-13-10)7-4-8(15)6-11-5-7/h4-6,15H,3H2,1-2H3. The van der Waals surface area contributed by atoms with Crippen molar-refractivity contribution >= 4 is 5.95 Å². The Labute approximate surface area is 92.5 Å². The van der Waals surface area contributed by atoms with E-state index in [2.05, 4.69) is 15.1 Å². The molecule has 2 aromatic heterocycles. The third kappa shape index (κ3) is 1.95. The van der Waals surface area contributed by atoms with Gasteiger partial charge in [-0.2, -0.15) is 4.98 Å². The molecule has 0 unspecified atom stereocenters. The van der Waals surface area contributed by atoms with Gasteiger partial charge >= 0.3 is 0 Å². The smallest absolute Gasteiger partial charge is 0.266 e. The Morgan fingerprint density at radius 2 is 2.25 bits per heavy atom. The number of rotatable bonds is 3. The molecule has 0 aliphatic carbocycles. The molecule has 1 N–H and O–H groups in total. The molecule has 0 bridgehead atoms. The number of hydrogen-bond acceptors (Lipinski definition) is 6. The lowest BCUT2D eigenvalue weighted by Crippen LogP contribution is -2.16. The summed E-state index contributed by atoms with van der Waals surface area (Å²) in [5.74, 6) is 0.931. The van der Waals surface area contributed by atoms with Gasteiger partial charge in [-0.1, -0.05) is 0 Å². The third-order valence-corrected chi connectivity index (χ3v) is 2.20. The largest absolute Gasteiger partial charge is 0.506 e. The molecule has 0 saturated carbocycles. The fourth-order valence-corrected chi connectivity index (χ4v) is 1.17. The molecule has 2 aromatic rings. The van der Waals surface area contributed by atoms with Crippen LogP contribution in [0, 0.1) is 0 Å². The minimum atomic E-state index is 0.0705. The Morgan fingerprint density at radius 1 is 1.44 bits per heavy atom. The van der Waals surface area contributed by atoms with E-state index in [9.17, 15) is 5.11 Å². The topological polar surface area (TPSA) is 75.3 Å². The molecule has 6 heteroatoms. The van der Waals surface area contributed by atoms with Crippen LogP contribution in [0.3, 0.4) is 0 Å². The fourth-order valence-electron chi connectivity index (χ4n) is 1.17. The summed E-state index contributed by atoms with van der Waals surface area (Å²) >= 11 is 0. The minimum Gasteiger partial charge on any atom is -0.506 e. The highest BCUT2D eigenvalue weighted by atomic mass is 16.5. The maximum Gasteiger partial charge on any atom is 0.266 e. The average molecular weight is 220 g/mol. The summed E-state index contributed by atoms with van der Waals surface area (Å²) in [6, 6.07) is 1.52. The molecule has 0 spiro atoms. The van der Waals surface area contributed by atoms with E-state index in [1.807, 2.05) is 18.9 Å². The van der Waals surface area contributed by atoms with Crippen molar-refractivity contribution in [2.75, 3.05) is 18.5 Å². The molecule has 0 aliphatic rings. The molecule has 16 heavy (non-hydrogen) atoms. The fraction of sp³-hybridized carbons (Fsp3) is 0.300. The first-order chi connectivity index (χ1) is 7.70. The quantitative estimate of drug-likeness (QED) is 0.840. The molecule has 0 aliphatic heterocycles. The zero-order chi connectivity index (χ0) is 11.5. The average Bonchev–Trinajstić information content (AvgIpc) is 2.77. The van der Waals surface area contributed by atoms with Crippen molar-refractivity contribution in [3.63, 3.8) is 0 Å². The van der Waals surface area contributed by atoms with Crippen LogP contribution in [0.5, 0.6) is 5.75 Å². The molecule has 0 saturated heterocycles. The zero-order valence-electron chi connectivity index (χ0n) is 9.08. The maximum absolute atomic E-state index is 9.27. The van der Waals surface area contributed by atoms with E-state index in [0.29, 0.717) is 17.4 Å². The molecular weight excluding hydrogens is 208 g/mol. The molecule has 0 fully saturated rings. The molecule has 0 atom stereocenters. The van der Waals surface area contributed by atoms with Crippen molar-refractivity contribution in [2.45, 2.75) is 6.92 Å². The lowest BCUT2D eigenvalue weighted by molar-refractivity contribution is 0.429. The van der Waals surface area contributed by atoms with Crippen LogP contribution in [0.1, 0.15) is 6.92 Å². The first-order valence-electron chi connectivity index (χ1n) is 4.90. The summed E-state index contributed by atoms with van der Waals surface area (Å²) in [6.45, 7) is 2.78. The highest BCUT2D eigenvalue weighted by Crippen LogP contribution is 2.21.